The minimum atomic E-state index is -0.796. The number of halogens is 1. The molecule has 3 rings (SSSR count). The number of ketones is 1. The third kappa shape index (κ3) is 2.85. The van der Waals surface area contributed by atoms with Gasteiger partial charge in [0.05, 0.1) is 11.3 Å². The Kier molecular flexibility index (Phi) is 3.92. The lowest BCUT2D eigenvalue weighted by atomic mass is 10.1. The van der Waals surface area contributed by atoms with E-state index in [1.807, 2.05) is 18.2 Å². The molecule has 0 atom stereocenters. The molecule has 0 unspecified atom stereocenters. The second-order valence-electron chi connectivity index (χ2n) is 5.12. The third-order valence-corrected chi connectivity index (χ3v) is 4.03. The Morgan fingerprint density at radius 2 is 1.91 bits per heavy atom. The van der Waals surface area contributed by atoms with Gasteiger partial charge in [-0.25, -0.2) is 0 Å². The molecule has 0 spiro atoms. The number of aromatic amines is 1. The lowest BCUT2D eigenvalue weighted by Crippen LogP contribution is -2.23. The van der Waals surface area contributed by atoms with Crippen molar-refractivity contribution in [1.29, 1.82) is 0 Å². The monoisotopic (exact) mass is 372 g/mol. The number of phenols is 1. The molecule has 0 saturated carbocycles. The van der Waals surface area contributed by atoms with E-state index >= 15 is 0 Å². The Balaban J connectivity index is 1.93. The number of Topliss-reactive ketones (excluding diaryl/α,β-unsaturated/α-hetero) is 1. The van der Waals surface area contributed by atoms with Gasteiger partial charge in [0.25, 0.3) is 11.7 Å². The molecule has 0 fully saturated rings. The number of carbonyl (C=O) groups is 2. The first-order valence-electron chi connectivity index (χ1n) is 6.89. The Labute approximate surface area is 140 Å². The summed E-state index contributed by atoms with van der Waals surface area (Å²) in [6, 6.07) is 11.9. The number of hydrogen-bond donors (Lipinski definition) is 3. The van der Waals surface area contributed by atoms with Crippen LogP contribution in [0.15, 0.2) is 46.9 Å². The number of nitrogens with one attached hydrogen (secondary N) is 2. The van der Waals surface area contributed by atoms with Crippen LogP contribution in [0.1, 0.15) is 16.1 Å². The zero-order valence-corrected chi connectivity index (χ0v) is 13.8. The molecule has 3 N–H and O–H groups in total. The first-order valence-corrected chi connectivity index (χ1v) is 7.68. The number of carbonyl (C=O) groups excluding carboxylic acids is 2. The van der Waals surface area contributed by atoms with Crippen LogP contribution in [-0.2, 0) is 4.79 Å². The molecule has 1 aromatic heterocycles. The molecule has 2 aromatic carbocycles. The maximum atomic E-state index is 12.5. The van der Waals surface area contributed by atoms with E-state index in [9.17, 15) is 14.7 Å². The lowest BCUT2D eigenvalue weighted by Gasteiger charge is -2.07. The molecule has 1 amide bonds. The van der Waals surface area contributed by atoms with Gasteiger partial charge in [0, 0.05) is 21.1 Å². The summed E-state index contributed by atoms with van der Waals surface area (Å²) in [6.07, 6.45) is 0. The molecule has 6 heteroatoms. The number of fused-ring (bicyclic) bond motifs is 1. The minimum absolute atomic E-state index is 0.115. The van der Waals surface area contributed by atoms with Gasteiger partial charge in [0.2, 0.25) is 0 Å². The van der Waals surface area contributed by atoms with Gasteiger partial charge in [-0.15, -0.1) is 0 Å². The number of amides is 1. The molecule has 23 heavy (non-hydrogen) atoms. The highest BCUT2D eigenvalue weighted by atomic mass is 79.9. The number of para-hydroxylation sites is 1. The summed E-state index contributed by atoms with van der Waals surface area (Å²) in [5, 5.41) is 13.0. The molecular formula is C17H13BrN2O3. The number of aromatic nitrogens is 1. The Morgan fingerprint density at radius 3 is 2.65 bits per heavy atom. The second-order valence-corrected chi connectivity index (χ2v) is 6.03. The fraction of sp³-hybridized carbons (Fsp3) is 0.0588. The van der Waals surface area contributed by atoms with E-state index < -0.39 is 11.7 Å². The molecule has 0 saturated heterocycles. The van der Waals surface area contributed by atoms with Crippen molar-refractivity contribution >= 4 is 44.2 Å². The summed E-state index contributed by atoms with van der Waals surface area (Å²) in [6.45, 7) is 1.75. The number of rotatable bonds is 3. The van der Waals surface area contributed by atoms with E-state index in [4.69, 9.17) is 0 Å². The Bertz CT molecular complexity index is 931. The zero-order valence-electron chi connectivity index (χ0n) is 12.2. The molecule has 5 nitrogen and oxygen atoms in total. The standard InChI is InChI=1S/C17H13BrN2O3/c1-9-15(11-4-2-3-5-12(11)19-9)16(22)17(23)20-13-7-6-10(18)8-14(13)21/h2-8,19,21H,1H3,(H,20,23). The van der Waals surface area contributed by atoms with Crippen molar-refractivity contribution in [2.45, 2.75) is 6.92 Å². The number of phenolic OH excluding ortho intramolecular Hbond substituents is 1. The maximum Gasteiger partial charge on any atom is 0.296 e. The summed E-state index contributed by atoms with van der Waals surface area (Å²) in [7, 11) is 0. The van der Waals surface area contributed by atoms with E-state index in [2.05, 4.69) is 26.2 Å². The van der Waals surface area contributed by atoms with Gasteiger partial charge in [-0.3, -0.25) is 9.59 Å². The largest absolute Gasteiger partial charge is 0.506 e. The number of aromatic hydroxyl groups is 1. The van der Waals surface area contributed by atoms with Crippen LogP contribution in [0.3, 0.4) is 0 Å². The fourth-order valence-corrected chi connectivity index (χ4v) is 2.82. The van der Waals surface area contributed by atoms with Crippen molar-refractivity contribution in [2.24, 2.45) is 0 Å². The lowest BCUT2D eigenvalue weighted by molar-refractivity contribution is -0.112. The van der Waals surface area contributed by atoms with E-state index in [0.717, 1.165) is 5.52 Å². The van der Waals surface area contributed by atoms with Gasteiger partial charge in [0.1, 0.15) is 5.75 Å². The van der Waals surface area contributed by atoms with Crippen LogP contribution in [0.5, 0.6) is 5.75 Å². The van der Waals surface area contributed by atoms with Crippen molar-refractivity contribution in [3.8, 4) is 5.75 Å². The van der Waals surface area contributed by atoms with Gasteiger partial charge in [-0.05, 0) is 31.2 Å². The number of aryl methyl sites for hydroxylation is 1. The predicted octanol–water partition coefficient (Wildman–Crippen LogP) is 3.77. The van der Waals surface area contributed by atoms with Crippen molar-refractivity contribution in [3.63, 3.8) is 0 Å². The van der Waals surface area contributed by atoms with E-state index in [1.165, 1.54) is 12.1 Å². The third-order valence-electron chi connectivity index (χ3n) is 3.53. The number of hydrogen-bond acceptors (Lipinski definition) is 3. The summed E-state index contributed by atoms with van der Waals surface area (Å²) >= 11 is 3.22. The predicted molar refractivity (Wildman–Crippen MR) is 91.8 cm³/mol. The van der Waals surface area contributed by atoms with Crippen LogP contribution in [0.4, 0.5) is 5.69 Å². The van der Waals surface area contributed by atoms with Crippen LogP contribution in [0.25, 0.3) is 10.9 Å². The Morgan fingerprint density at radius 1 is 1.17 bits per heavy atom. The average molecular weight is 373 g/mol. The van der Waals surface area contributed by atoms with Crippen molar-refractivity contribution < 1.29 is 14.7 Å². The quantitative estimate of drug-likeness (QED) is 0.371. The van der Waals surface area contributed by atoms with Crippen LogP contribution in [0.2, 0.25) is 0 Å². The fourth-order valence-electron chi connectivity index (χ4n) is 2.47. The topological polar surface area (TPSA) is 82.2 Å². The van der Waals surface area contributed by atoms with Gasteiger partial charge in [-0.2, -0.15) is 0 Å². The molecule has 116 valence electrons. The van der Waals surface area contributed by atoms with E-state index in [1.54, 1.807) is 19.1 Å². The van der Waals surface area contributed by atoms with Crippen molar-refractivity contribution in [3.05, 3.63) is 58.2 Å². The molecule has 0 aliphatic rings. The van der Waals surface area contributed by atoms with Crippen molar-refractivity contribution in [2.75, 3.05) is 5.32 Å². The van der Waals surface area contributed by atoms with Gasteiger partial charge in [-0.1, -0.05) is 34.1 Å². The number of H-pyrrole nitrogens is 1. The molecule has 0 bridgehead atoms. The molecule has 3 aromatic rings. The summed E-state index contributed by atoms with van der Waals surface area (Å²) in [5.74, 6) is -1.56. The first-order chi connectivity index (χ1) is 11.0. The molecule has 0 aliphatic carbocycles. The van der Waals surface area contributed by atoms with Gasteiger partial charge in [0.15, 0.2) is 0 Å². The first kappa shape index (κ1) is 15.3. The highest BCUT2D eigenvalue weighted by molar-refractivity contribution is 9.10. The van der Waals surface area contributed by atoms with Crippen LogP contribution < -0.4 is 5.32 Å². The summed E-state index contributed by atoms with van der Waals surface area (Å²) < 4.78 is 0.673. The van der Waals surface area contributed by atoms with Crippen LogP contribution in [-0.4, -0.2) is 21.8 Å². The zero-order chi connectivity index (χ0) is 16.6. The Hall–Kier alpha value is -2.60. The molecular weight excluding hydrogens is 360 g/mol. The highest BCUT2D eigenvalue weighted by Gasteiger charge is 2.23. The second kappa shape index (κ2) is 5.89. The molecule has 0 aliphatic heterocycles. The van der Waals surface area contributed by atoms with E-state index in [-0.39, 0.29) is 11.4 Å². The smallest absolute Gasteiger partial charge is 0.296 e. The summed E-state index contributed by atoms with van der Waals surface area (Å²) in [5.41, 5.74) is 1.96. The number of anilines is 1. The van der Waals surface area contributed by atoms with Crippen LogP contribution >= 0.6 is 15.9 Å². The highest BCUT2D eigenvalue weighted by Crippen LogP contribution is 2.28. The average Bonchev–Trinajstić information content (AvgIpc) is 2.85. The van der Waals surface area contributed by atoms with Crippen LogP contribution in [0, 0.1) is 6.92 Å². The molecule has 1 heterocycles. The number of benzene rings is 2. The summed E-state index contributed by atoms with van der Waals surface area (Å²) in [4.78, 5) is 27.8. The maximum absolute atomic E-state index is 12.5. The van der Waals surface area contributed by atoms with Crippen molar-refractivity contribution in [1.82, 2.24) is 4.98 Å². The minimum Gasteiger partial charge on any atom is -0.506 e. The SMILES string of the molecule is Cc1[nH]c2ccccc2c1C(=O)C(=O)Nc1ccc(Br)cc1O. The van der Waals surface area contributed by atoms with Gasteiger partial charge >= 0.3 is 0 Å². The van der Waals surface area contributed by atoms with Gasteiger partial charge < -0.3 is 15.4 Å². The van der Waals surface area contributed by atoms with E-state index in [0.29, 0.717) is 21.1 Å². The normalized spacial score (nSPS) is 10.7. The molecule has 0 radical (unpaired) electrons.